The zero-order valence-corrected chi connectivity index (χ0v) is 24.3. The van der Waals surface area contributed by atoms with Crippen molar-refractivity contribution in [2.75, 3.05) is 9.80 Å². The van der Waals surface area contributed by atoms with Crippen LogP contribution in [0.5, 0.6) is 11.5 Å². The zero-order chi connectivity index (χ0) is 28.2. The Morgan fingerprint density at radius 2 is 1.10 bits per heavy atom. The van der Waals surface area contributed by atoms with E-state index >= 15 is 0 Å². The van der Waals surface area contributed by atoms with Crippen LogP contribution in [0.3, 0.4) is 0 Å². The number of ether oxygens (including phenoxy) is 1. The second kappa shape index (κ2) is 8.98. The van der Waals surface area contributed by atoms with E-state index in [0.29, 0.717) is 29.6 Å². The zero-order valence-electron chi connectivity index (χ0n) is 23.4. The Morgan fingerprint density at radius 3 is 1.57 bits per heavy atom. The molecule has 5 aliphatic rings. The highest BCUT2D eigenvalue weighted by Crippen LogP contribution is 2.53. The van der Waals surface area contributed by atoms with E-state index in [1.54, 1.807) is 6.07 Å². The third-order valence-electron chi connectivity index (χ3n) is 10.8. The Kier molecular flexibility index (Phi) is 5.34. The van der Waals surface area contributed by atoms with Gasteiger partial charge in [0.1, 0.15) is 16.4 Å². The molecule has 4 saturated heterocycles. The summed E-state index contributed by atoms with van der Waals surface area (Å²) >= 11 is 0. The van der Waals surface area contributed by atoms with Crippen LogP contribution in [0.15, 0.2) is 77.7 Å². The normalized spacial score (nSPS) is 27.4. The van der Waals surface area contributed by atoms with Crippen molar-refractivity contribution in [3.63, 3.8) is 0 Å². The molecule has 0 aromatic heterocycles. The van der Waals surface area contributed by atoms with Crippen molar-refractivity contribution in [1.29, 1.82) is 0 Å². The van der Waals surface area contributed by atoms with Crippen molar-refractivity contribution in [1.82, 2.24) is 0 Å². The predicted octanol–water partition coefficient (Wildman–Crippen LogP) is 7.63. The molecular weight excluding hydrogens is 544 g/mol. The largest absolute Gasteiger partial charge is 0.457 e. The van der Waals surface area contributed by atoms with Crippen LogP contribution < -0.4 is 14.5 Å². The molecule has 6 nitrogen and oxygen atoms in total. The molecule has 0 unspecified atom stereocenters. The lowest BCUT2D eigenvalue weighted by Crippen LogP contribution is -2.28. The summed E-state index contributed by atoms with van der Waals surface area (Å²) in [6.45, 7) is 0. The molecule has 9 rings (SSSR count). The molecule has 4 fully saturated rings. The van der Waals surface area contributed by atoms with Crippen LogP contribution >= 0.6 is 0 Å². The van der Waals surface area contributed by atoms with Gasteiger partial charge in [0.25, 0.3) is 10.1 Å². The molecule has 0 atom stereocenters. The first-order chi connectivity index (χ1) is 20.4. The van der Waals surface area contributed by atoms with E-state index in [9.17, 15) is 13.0 Å². The van der Waals surface area contributed by atoms with E-state index < -0.39 is 10.1 Å². The highest BCUT2D eigenvalue weighted by atomic mass is 32.2. The summed E-state index contributed by atoms with van der Waals surface area (Å²) < 4.78 is 42.3. The molecule has 0 spiro atoms. The molecule has 214 valence electrons. The van der Waals surface area contributed by atoms with Crippen LogP contribution in [-0.2, 0) is 10.1 Å². The highest BCUT2D eigenvalue weighted by Gasteiger charge is 2.42. The fourth-order valence-corrected chi connectivity index (χ4v) is 9.85. The van der Waals surface area contributed by atoms with Gasteiger partial charge in [0.05, 0.1) is 0 Å². The van der Waals surface area contributed by atoms with Crippen LogP contribution in [0.2, 0.25) is 0 Å². The summed E-state index contributed by atoms with van der Waals surface area (Å²) in [6, 6.07) is 26.6. The Morgan fingerprint density at radius 1 is 0.619 bits per heavy atom. The average molecular weight is 579 g/mol. The first-order valence-corrected chi connectivity index (χ1v) is 16.9. The monoisotopic (exact) mass is 578 g/mol. The maximum Gasteiger partial charge on any atom is 0.295 e. The number of fused-ring (bicyclic) bond motifs is 7. The number of hydrogen-bond acceptors (Lipinski definition) is 5. The molecule has 0 amide bonds. The van der Waals surface area contributed by atoms with Gasteiger partial charge in [-0.25, -0.2) is 0 Å². The lowest BCUT2D eigenvalue weighted by molar-refractivity contribution is 0.453. The minimum absolute atomic E-state index is 0.0549. The van der Waals surface area contributed by atoms with Gasteiger partial charge in [-0.15, -0.1) is 0 Å². The van der Waals surface area contributed by atoms with Gasteiger partial charge in [0.15, 0.2) is 0 Å². The Bertz CT molecular complexity index is 1750. The molecule has 7 heteroatoms. The number of rotatable bonds is 4. The number of hydrogen-bond donors (Lipinski definition) is 1. The highest BCUT2D eigenvalue weighted by molar-refractivity contribution is 7.86. The third kappa shape index (κ3) is 3.62. The van der Waals surface area contributed by atoms with E-state index in [4.69, 9.17) is 4.74 Å². The SMILES string of the molecule is O=S(=O)(O)c1cccc2cccc(C3c4ccc(N5C6CCC5CC6)cc4Oc4cc(N5C6CCC5CC6)ccc43)c12. The summed E-state index contributed by atoms with van der Waals surface area (Å²) in [6.07, 6.45) is 10.0. The van der Waals surface area contributed by atoms with Crippen molar-refractivity contribution in [3.8, 4) is 11.5 Å². The molecule has 1 N–H and O–H groups in total. The molecular formula is C35H34N2O4S. The third-order valence-corrected chi connectivity index (χ3v) is 11.7. The second-order valence-electron chi connectivity index (χ2n) is 12.9. The van der Waals surface area contributed by atoms with Crippen LogP contribution in [-0.4, -0.2) is 37.1 Å². The Hall–Kier alpha value is -3.55. The number of benzene rings is 4. The fraction of sp³-hybridized carbons (Fsp3) is 0.371. The van der Waals surface area contributed by atoms with E-state index in [2.05, 4.69) is 46.2 Å². The summed E-state index contributed by atoms with van der Waals surface area (Å²) in [5.74, 6) is 1.42. The molecule has 42 heavy (non-hydrogen) atoms. The average Bonchev–Trinajstić information content (AvgIpc) is 3.80. The van der Waals surface area contributed by atoms with Crippen molar-refractivity contribution in [2.45, 2.75) is 86.3 Å². The molecule has 4 aromatic rings. The van der Waals surface area contributed by atoms with E-state index in [0.717, 1.165) is 33.6 Å². The van der Waals surface area contributed by atoms with Crippen molar-refractivity contribution >= 4 is 32.3 Å². The molecule has 4 bridgehead atoms. The van der Waals surface area contributed by atoms with Gasteiger partial charge in [-0.05, 0) is 80.5 Å². The summed E-state index contributed by atoms with van der Waals surface area (Å²) in [4.78, 5) is 5.14. The Balaban J connectivity index is 1.25. The van der Waals surface area contributed by atoms with E-state index in [1.165, 1.54) is 68.8 Å². The van der Waals surface area contributed by atoms with Gasteiger partial charge in [-0.2, -0.15) is 8.42 Å². The van der Waals surface area contributed by atoms with Crippen LogP contribution in [0.1, 0.15) is 74.0 Å². The van der Waals surface area contributed by atoms with Crippen molar-refractivity contribution < 1.29 is 17.7 Å². The van der Waals surface area contributed by atoms with Crippen LogP contribution in [0.25, 0.3) is 10.8 Å². The number of anilines is 2. The smallest absolute Gasteiger partial charge is 0.295 e. The fourth-order valence-electron chi connectivity index (χ4n) is 9.10. The van der Waals surface area contributed by atoms with Crippen LogP contribution in [0, 0.1) is 0 Å². The van der Waals surface area contributed by atoms with E-state index in [1.807, 2.05) is 24.3 Å². The van der Waals surface area contributed by atoms with Crippen LogP contribution in [0.4, 0.5) is 11.4 Å². The lowest BCUT2D eigenvalue weighted by Gasteiger charge is -2.33. The minimum atomic E-state index is -4.44. The topological polar surface area (TPSA) is 70.1 Å². The standard InChI is InChI=1S/C35H34N2O4S/c38-42(39,40)33-6-2-4-21-3-1-5-30(34(21)33)35-28-17-15-26(36-22-7-8-23(36)10-9-22)19-31(28)41-32-20-27(16-18-29(32)35)37-24-11-12-25(37)14-13-24/h1-6,15-20,22-25,35H,7-14H2,(H,38,39,40). The van der Waals surface area contributed by atoms with Crippen molar-refractivity contribution in [3.05, 3.63) is 89.5 Å². The maximum atomic E-state index is 12.6. The molecule has 0 aliphatic carbocycles. The molecule has 0 radical (unpaired) electrons. The molecule has 4 aromatic carbocycles. The van der Waals surface area contributed by atoms with Crippen molar-refractivity contribution in [2.24, 2.45) is 0 Å². The van der Waals surface area contributed by atoms with Gasteiger partial charge in [0.2, 0.25) is 0 Å². The van der Waals surface area contributed by atoms with Gasteiger partial charge in [-0.3, -0.25) is 4.55 Å². The first kappa shape index (κ1) is 25.0. The van der Waals surface area contributed by atoms with Gasteiger partial charge < -0.3 is 14.5 Å². The summed E-state index contributed by atoms with van der Waals surface area (Å²) in [5, 5.41) is 1.35. The van der Waals surface area contributed by atoms with Gasteiger partial charge in [-0.1, -0.05) is 42.5 Å². The molecule has 5 aliphatic heterocycles. The molecule has 0 saturated carbocycles. The Labute approximate surface area is 246 Å². The predicted molar refractivity (Wildman–Crippen MR) is 165 cm³/mol. The first-order valence-electron chi connectivity index (χ1n) is 15.5. The summed E-state index contributed by atoms with van der Waals surface area (Å²) in [5.41, 5.74) is 5.32. The van der Waals surface area contributed by atoms with Gasteiger partial charge in [0, 0.05) is 70.1 Å². The lowest BCUT2D eigenvalue weighted by atomic mass is 9.80. The maximum absolute atomic E-state index is 12.6. The van der Waals surface area contributed by atoms with Gasteiger partial charge >= 0.3 is 0 Å². The second-order valence-corrected chi connectivity index (χ2v) is 14.3. The quantitative estimate of drug-likeness (QED) is 0.221. The minimum Gasteiger partial charge on any atom is -0.457 e. The summed E-state index contributed by atoms with van der Waals surface area (Å²) in [7, 11) is -4.44. The van der Waals surface area contributed by atoms with E-state index in [-0.39, 0.29) is 10.8 Å². The molecule has 5 heterocycles. The number of nitrogens with zero attached hydrogens (tertiary/aromatic N) is 2.